The maximum atomic E-state index is 5.90. The molecule has 0 aliphatic carbocycles. The molecular formula is C15H19N3O. The van der Waals surface area contributed by atoms with E-state index < -0.39 is 0 Å². The highest BCUT2D eigenvalue weighted by Gasteiger charge is 2.21. The first kappa shape index (κ1) is 12.4. The van der Waals surface area contributed by atoms with E-state index in [-0.39, 0.29) is 6.10 Å². The van der Waals surface area contributed by atoms with E-state index in [1.165, 1.54) is 5.56 Å². The molecule has 0 saturated carbocycles. The van der Waals surface area contributed by atoms with Gasteiger partial charge in [0, 0.05) is 32.4 Å². The summed E-state index contributed by atoms with van der Waals surface area (Å²) in [4.78, 5) is 2.45. The van der Waals surface area contributed by atoms with Crippen LogP contribution in [-0.4, -0.2) is 34.8 Å². The predicted molar refractivity (Wildman–Crippen MR) is 73.6 cm³/mol. The molecule has 3 rings (SSSR count). The van der Waals surface area contributed by atoms with E-state index in [4.69, 9.17) is 4.74 Å². The van der Waals surface area contributed by atoms with Gasteiger partial charge in [0.2, 0.25) is 0 Å². The van der Waals surface area contributed by atoms with Crippen molar-refractivity contribution >= 4 is 0 Å². The van der Waals surface area contributed by atoms with Crippen molar-refractivity contribution in [3.63, 3.8) is 0 Å². The van der Waals surface area contributed by atoms with E-state index >= 15 is 0 Å². The SMILES string of the molecule is c1ccc(CN2CCCOC(c3ccn[nH]3)C2)cc1. The molecule has 2 heterocycles. The molecule has 19 heavy (non-hydrogen) atoms. The predicted octanol–water partition coefficient (Wildman–Crippen LogP) is 2.37. The Morgan fingerprint density at radius 2 is 2.16 bits per heavy atom. The number of nitrogens with zero attached hydrogens (tertiary/aromatic N) is 2. The second-order valence-corrected chi connectivity index (χ2v) is 4.95. The van der Waals surface area contributed by atoms with Crippen LogP contribution in [-0.2, 0) is 11.3 Å². The molecule has 4 nitrogen and oxygen atoms in total. The molecule has 2 aromatic rings. The summed E-state index contributed by atoms with van der Waals surface area (Å²) in [6, 6.07) is 12.6. The summed E-state index contributed by atoms with van der Waals surface area (Å²) in [6.07, 6.45) is 2.97. The van der Waals surface area contributed by atoms with Gasteiger partial charge in [-0.05, 0) is 18.1 Å². The third kappa shape index (κ3) is 3.22. The second-order valence-electron chi connectivity index (χ2n) is 4.95. The van der Waals surface area contributed by atoms with Crippen LogP contribution in [0, 0.1) is 0 Å². The number of hydrogen-bond acceptors (Lipinski definition) is 3. The number of benzene rings is 1. The minimum Gasteiger partial charge on any atom is -0.371 e. The molecule has 4 heteroatoms. The molecule has 1 aliphatic rings. The molecule has 1 aliphatic heterocycles. The van der Waals surface area contributed by atoms with E-state index in [2.05, 4.69) is 45.4 Å². The molecule has 0 bridgehead atoms. The van der Waals surface area contributed by atoms with Crippen LogP contribution < -0.4 is 0 Å². The fraction of sp³-hybridized carbons (Fsp3) is 0.400. The Balaban J connectivity index is 1.68. The van der Waals surface area contributed by atoms with Crippen LogP contribution in [0.2, 0.25) is 0 Å². The molecule has 1 fully saturated rings. The highest BCUT2D eigenvalue weighted by atomic mass is 16.5. The van der Waals surface area contributed by atoms with Gasteiger partial charge in [0.1, 0.15) is 6.10 Å². The normalized spacial score (nSPS) is 21.2. The van der Waals surface area contributed by atoms with Crippen LogP contribution in [0.25, 0.3) is 0 Å². The van der Waals surface area contributed by atoms with Crippen molar-refractivity contribution in [1.29, 1.82) is 0 Å². The molecular weight excluding hydrogens is 238 g/mol. The van der Waals surface area contributed by atoms with Crippen LogP contribution in [0.3, 0.4) is 0 Å². The number of H-pyrrole nitrogens is 1. The molecule has 0 amide bonds. The summed E-state index contributed by atoms with van der Waals surface area (Å²) in [5, 5.41) is 7.03. The molecule has 1 aromatic carbocycles. The van der Waals surface area contributed by atoms with E-state index in [1.807, 2.05) is 6.07 Å². The highest BCUT2D eigenvalue weighted by molar-refractivity contribution is 5.14. The van der Waals surface area contributed by atoms with Gasteiger partial charge in [0.05, 0.1) is 5.69 Å². The van der Waals surface area contributed by atoms with Gasteiger partial charge in [-0.1, -0.05) is 30.3 Å². The third-order valence-electron chi connectivity index (χ3n) is 3.48. The molecule has 0 spiro atoms. The van der Waals surface area contributed by atoms with Gasteiger partial charge in [-0.25, -0.2) is 0 Å². The Bertz CT molecular complexity index is 483. The lowest BCUT2D eigenvalue weighted by Crippen LogP contribution is -2.27. The van der Waals surface area contributed by atoms with Gasteiger partial charge in [-0.2, -0.15) is 5.10 Å². The Kier molecular flexibility index (Phi) is 3.91. The minimum atomic E-state index is 0.105. The van der Waals surface area contributed by atoms with Crippen LogP contribution >= 0.6 is 0 Å². The van der Waals surface area contributed by atoms with Crippen molar-refractivity contribution in [3.05, 3.63) is 53.9 Å². The topological polar surface area (TPSA) is 41.1 Å². The zero-order valence-electron chi connectivity index (χ0n) is 11.0. The maximum absolute atomic E-state index is 5.90. The molecule has 100 valence electrons. The average Bonchev–Trinajstić information content (AvgIpc) is 2.88. The van der Waals surface area contributed by atoms with E-state index in [1.54, 1.807) is 6.20 Å². The summed E-state index contributed by atoms with van der Waals surface area (Å²) in [7, 11) is 0. The molecule has 1 saturated heterocycles. The average molecular weight is 257 g/mol. The number of rotatable bonds is 3. The van der Waals surface area contributed by atoms with Gasteiger partial charge >= 0.3 is 0 Å². The molecule has 1 unspecified atom stereocenters. The lowest BCUT2D eigenvalue weighted by atomic mass is 10.2. The van der Waals surface area contributed by atoms with Crippen LogP contribution in [0.15, 0.2) is 42.6 Å². The fourth-order valence-corrected chi connectivity index (χ4v) is 2.51. The second kappa shape index (κ2) is 5.99. The molecule has 0 radical (unpaired) electrons. The monoisotopic (exact) mass is 257 g/mol. The summed E-state index contributed by atoms with van der Waals surface area (Å²) >= 11 is 0. The zero-order valence-corrected chi connectivity index (χ0v) is 11.0. The summed E-state index contributed by atoms with van der Waals surface area (Å²) < 4.78 is 5.90. The van der Waals surface area contributed by atoms with Gasteiger partial charge < -0.3 is 4.74 Å². The van der Waals surface area contributed by atoms with Gasteiger partial charge in [0.15, 0.2) is 0 Å². The molecule has 1 aromatic heterocycles. The first-order chi connectivity index (χ1) is 9.42. The van der Waals surface area contributed by atoms with E-state index in [9.17, 15) is 0 Å². The molecule has 1 N–H and O–H groups in total. The van der Waals surface area contributed by atoms with Crippen molar-refractivity contribution in [1.82, 2.24) is 15.1 Å². The van der Waals surface area contributed by atoms with Crippen molar-refractivity contribution in [2.75, 3.05) is 19.7 Å². The van der Waals surface area contributed by atoms with Crippen molar-refractivity contribution in [3.8, 4) is 0 Å². The third-order valence-corrected chi connectivity index (χ3v) is 3.48. The number of aromatic amines is 1. The Hall–Kier alpha value is -1.65. The Labute approximate surface area is 113 Å². The van der Waals surface area contributed by atoms with Crippen molar-refractivity contribution in [2.45, 2.75) is 19.1 Å². The van der Waals surface area contributed by atoms with Crippen molar-refractivity contribution in [2.24, 2.45) is 0 Å². The number of ether oxygens (including phenoxy) is 1. The van der Waals surface area contributed by atoms with E-state index in [0.717, 1.165) is 38.4 Å². The van der Waals surface area contributed by atoms with Crippen LogP contribution in [0.5, 0.6) is 0 Å². The highest BCUT2D eigenvalue weighted by Crippen LogP contribution is 2.21. The standard InChI is InChI=1S/C15H19N3O/c1-2-5-13(6-3-1)11-18-9-4-10-19-15(12-18)14-7-8-16-17-14/h1-3,5-8,15H,4,9-12H2,(H,16,17). The smallest absolute Gasteiger partial charge is 0.111 e. The first-order valence-corrected chi connectivity index (χ1v) is 6.79. The van der Waals surface area contributed by atoms with E-state index in [0.29, 0.717) is 0 Å². The molecule has 1 atom stereocenters. The lowest BCUT2D eigenvalue weighted by Gasteiger charge is -2.23. The van der Waals surface area contributed by atoms with Crippen LogP contribution in [0.1, 0.15) is 23.8 Å². The summed E-state index contributed by atoms with van der Waals surface area (Å²) in [5.41, 5.74) is 2.42. The van der Waals surface area contributed by atoms with Crippen LogP contribution in [0.4, 0.5) is 0 Å². The Morgan fingerprint density at radius 3 is 2.95 bits per heavy atom. The maximum Gasteiger partial charge on any atom is 0.111 e. The fourth-order valence-electron chi connectivity index (χ4n) is 2.51. The largest absolute Gasteiger partial charge is 0.371 e. The number of hydrogen-bond donors (Lipinski definition) is 1. The quantitative estimate of drug-likeness (QED) is 0.917. The summed E-state index contributed by atoms with van der Waals surface area (Å²) in [5.74, 6) is 0. The lowest BCUT2D eigenvalue weighted by molar-refractivity contribution is 0.0498. The van der Waals surface area contributed by atoms with Crippen molar-refractivity contribution < 1.29 is 4.74 Å². The number of nitrogens with one attached hydrogen (secondary N) is 1. The minimum absolute atomic E-state index is 0.105. The van der Waals surface area contributed by atoms with Gasteiger partial charge in [-0.15, -0.1) is 0 Å². The van der Waals surface area contributed by atoms with Gasteiger partial charge in [0.25, 0.3) is 0 Å². The van der Waals surface area contributed by atoms with Gasteiger partial charge in [-0.3, -0.25) is 10.00 Å². The first-order valence-electron chi connectivity index (χ1n) is 6.79. The number of aromatic nitrogens is 2. The zero-order chi connectivity index (χ0) is 12.9. The summed E-state index contributed by atoms with van der Waals surface area (Å²) in [6.45, 7) is 3.79. The Morgan fingerprint density at radius 1 is 1.26 bits per heavy atom.